The molecule has 1 heterocycles. The fourth-order valence-electron chi connectivity index (χ4n) is 2.17. The summed E-state index contributed by atoms with van der Waals surface area (Å²) in [6, 6.07) is -1.25. The Kier molecular flexibility index (Phi) is 5.79. The van der Waals surface area contributed by atoms with E-state index in [2.05, 4.69) is 24.5 Å². The van der Waals surface area contributed by atoms with Gasteiger partial charge < -0.3 is 10.2 Å². The van der Waals surface area contributed by atoms with Gasteiger partial charge in [-0.15, -0.1) is 0 Å². The first-order chi connectivity index (χ1) is 9.01. The fraction of sp³-hybridized carbons (Fsp3) is 0.769. The Balaban J connectivity index is 2.54. The zero-order chi connectivity index (χ0) is 14.4. The summed E-state index contributed by atoms with van der Waals surface area (Å²) in [7, 11) is 0. The minimum absolute atomic E-state index is 0.0333. The molecule has 108 valence electrons. The first-order valence-corrected chi connectivity index (χ1v) is 6.90. The third kappa shape index (κ3) is 4.22. The molecule has 1 rings (SSSR count). The molecule has 0 spiro atoms. The van der Waals surface area contributed by atoms with E-state index in [1.54, 1.807) is 4.90 Å². The van der Waals surface area contributed by atoms with Crippen LogP contribution < -0.4 is 10.6 Å². The van der Waals surface area contributed by atoms with E-state index in [1.807, 2.05) is 6.92 Å². The maximum Gasteiger partial charge on any atom is 0.322 e. The summed E-state index contributed by atoms with van der Waals surface area (Å²) in [6.45, 7) is 7.48. The number of nitrogens with one attached hydrogen (secondary N) is 2. The van der Waals surface area contributed by atoms with Gasteiger partial charge in [0.1, 0.15) is 6.04 Å². The van der Waals surface area contributed by atoms with Crippen LogP contribution in [-0.2, 0) is 9.59 Å². The van der Waals surface area contributed by atoms with Crippen molar-refractivity contribution in [3.05, 3.63) is 0 Å². The predicted molar refractivity (Wildman–Crippen MR) is 71.4 cm³/mol. The molecule has 1 fully saturated rings. The summed E-state index contributed by atoms with van der Waals surface area (Å²) in [5.74, 6) is -0.0235. The van der Waals surface area contributed by atoms with Crippen LogP contribution in [0.3, 0.4) is 0 Å². The van der Waals surface area contributed by atoms with Gasteiger partial charge in [-0.05, 0) is 12.8 Å². The Bertz CT molecular complexity index is 353. The smallest absolute Gasteiger partial charge is 0.322 e. The van der Waals surface area contributed by atoms with E-state index in [1.165, 1.54) is 0 Å². The molecule has 1 saturated heterocycles. The number of nitrogens with zero attached hydrogens (tertiary/aromatic N) is 1. The van der Waals surface area contributed by atoms with Crippen LogP contribution in [0.1, 0.15) is 40.0 Å². The molecular formula is C13H23N3O3. The van der Waals surface area contributed by atoms with E-state index >= 15 is 0 Å². The number of urea groups is 1. The minimum Gasteiger partial charge on any atom is -0.343 e. The van der Waals surface area contributed by atoms with Crippen LogP contribution in [0.4, 0.5) is 4.79 Å². The Morgan fingerprint density at radius 3 is 2.32 bits per heavy atom. The normalized spacial score (nSPS) is 18.4. The lowest BCUT2D eigenvalue weighted by molar-refractivity contribution is -0.134. The molecule has 6 nitrogen and oxygen atoms in total. The molecule has 6 heteroatoms. The number of imide groups is 1. The van der Waals surface area contributed by atoms with E-state index in [9.17, 15) is 14.4 Å². The number of hydrogen-bond donors (Lipinski definition) is 2. The summed E-state index contributed by atoms with van der Waals surface area (Å²) < 4.78 is 0. The standard InChI is InChI=1S/C13H23N3O3/c1-4-9(5-2)8-16(6-3)11(17)7-10-12(18)15-13(19)14-10/h9-10H,4-8H2,1-3H3,(H2,14,15,18,19)/t10-/m1/s1. The minimum atomic E-state index is -0.726. The average molecular weight is 269 g/mol. The van der Waals surface area contributed by atoms with Crippen molar-refractivity contribution in [2.75, 3.05) is 13.1 Å². The maximum atomic E-state index is 12.1. The van der Waals surface area contributed by atoms with Crippen molar-refractivity contribution in [3.63, 3.8) is 0 Å². The topological polar surface area (TPSA) is 78.5 Å². The van der Waals surface area contributed by atoms with Gasteiger partial charge in [-0.2, -0.15) is 0 Å². The van der Waals surface area contributed by atoms with Crippen LogP contribution >= 0.6 is 0 Å². The first kappa shape index (κ1) is 15.5. The third-order valence-electron chi connectivity index (χ3n) is 3.61. The monoisotopic (exact) mass is 269 g/mol. The third-order valence-corrected chi connectivity index (χ3v) is 3.61. The van der Waals surface area contributed by atoms with Crippen LogP contribution in [0.2, 0.25) is 0 Å². The van der Waals surface area contributed by atoms with E-state index in [0.29, 0.717) is 19.0 Å². The summed E-state index contributed by atoms with van der Waals surface area (Å²) >= 11 is 0. The summed E-state index contributed by atoms with van der Waals surface area (Å²) in [4.78, 5) is 36.3. The summed E-state index contributed by atoms with van der Waals surface area (Å²) in [6.07, 6.45) is 2.09. The number of hydrogen-bond acceptors (Lipinski definition) is 3. The van der Waals surface area contributed by atoms with Crippen molar-refractivity contribution in [1.82, 2.24) is 15.5 Å². The Morgan fingerprint density at radius 2 is 1.89 bits per heavy atom. The summed E-state index contributed by atoms with van der Waals surface area (Å²) in [5.41, 5.74) is 0. The van der Waals surface area contributed by atoms with Crippen molar-refractivity contribution in [3.8, 4) is 0 Å². The van der Waals surface area contributed by atoms with Crippen molar-refractivity contribution in [2.24, 2.45) is 5.92 Å². The van der Waals surface area contributed by atoms with Crippen molar-refractivity contribution in [2.45, 2.75) is 46.1 Å². The van der Waals surface area contributed by atoms with Gasteiger partial charge in [0, 0.05) is 13.1 Å². The lowest BCUT2D eigenvalue weighted by Crippen LogP contribution is -2.40. The molecule has 19 heavy (non-hydrogen) atoms. The molecule has 0 aromatic rings. The van der Waals surface area contributed by atoms with Gasteiger partial charge in [0.15, 0.2) is 0 Å². The largest absolute Gasteiger partial charge is 0.343 e. The Morgan fingerprint density at radius 1 is 1.26 bits per heavy atom. The highest BCUT2D eigenvalue weighted by molar-refractivity contribution is 6.05. The zero-order valence-corrected chi connectivity index (χ0v) is 11.9. The van der Waals surface area contributed by atoms with Crippen LogP contribution in [0.25, 0.3) is 0 Å². The number of rotatable bonds is 7. The van der Waals surface area contributed by atoms with Gasteiger partial charge in [-0.25, -0.2) is 4.79 Å². The second-order valence-corrected chi connectivity index (χ2v) is 4.83. The average Bonchev–Trinajstić information content (AvgIpc) is 2.69. The number of carbonyl (C=O) groups is 3. The van der Waals surface area contributed by atoms with Gasteiger partial charge in [-0.3, -0.25) is 14.9 Å². The van der Waals surface area contributed by atoms with Crippen LogP contribution in [-0.4, -0.2) is 41.9 Å². The van der Waals surface area contributed by atoms with E-state index < -0.39 is 18.0 Å². The van der Waals surface area contributed by atoms with E-state index in [4.69, 9.17) is 0 Å². The number of carbonyl (C=O) groups excluding carboxylic acids is 3. The molecule has 1 aliphatic rings. The molecular weight excluding hydrogens is 246 g/mol. The molecule has 1 aliphatic heterocycles. The van der Waals surface area contributed by atoms with Gasteiger partial charge in [0.25, 0.3) is 5.91 Å². The Hall–Kier alpha value is -1.59. The maximum absolute atomic E-state index is 12.1. The fourth-order valence-corrected chi connectivity index (χ4v) is 2.17. The van der Waals surface area contributed by atoms with Crippen LogP contribution in [0.5, 0.6) is 0 Å². The molecule has 0 aliphatic carbocycles. The molecule has 0 saturated carbocycles. The zero-order valence-electron chi connectivity index (χ0n) is 11.9. The highest BCUT2D eigenvalue weighted by Gasteiger charge is 2.32. The Labute approximate surface area is 113 Å². The van der Waals surface area contributed by atoms with Gasteiger partial charge in [-0.1, -0.05) is 26.7 Å². The predicted octanol–water partition coefficient (Wildman–Crippen LogP) is 0.869. The lowest BCUT2D eigenvalue weighted by Gasteiger charge is -2.26. The molecule has 0 aromatic carbocycles. The first-order valence-electron chi connectivity index (χ1n) is 6.90. The van der Waals surface area contributed by atoms with Crippen molar-refractivity contribution >= 4 is 17.8 Å². The second kappa shape index (κ2) is 7.11. The summed E-state index contributed by atoms with van der Waals surface area (Å²) in [5, 5.41) is 4.58. The SMILES string of the molecule is CCC(CC)CN(CC)C(=O)C[C@H]1NC(=O)NC1=O. The van der Waals surface area contributed by atoms with Gasteiger partial charge in [0.2, 0.25) is 5.91 Å². The molecule has 0 aromatic heterocycles. The molecule has 0 radical (unpaired) electrons. The number of amides is 4. The van der Waals surface area contributed by atoms with Crippen LogP contribution in [0, 0.1) is 5.92 Å². The second-order valence-electron chi connectivity index (χ2n) is 4.83. The molecule has 0 bridgehead atoms. The van der Waals surface area contributed by atoms with Crippen LogP contribution in [0.15, 0.2) is 0 Å². The molecule has 0 unspecified atom stereocenters. The van der Waals surface area contributed by atoms with Gasteiger partial charge >= 0.3 is 6.03 Å². The molecule has 1 atom stereocenters. The highest BCUT2D eigenvalue weighted by Crippen LogP contribution is 2.12. The molecule has 4 amide bonds. The van der Waals surface area contributed by atoms with Gasteiger partial charge in [0.05, 0.1) is 6.42 Å². The lowest BCUT2D eigenvalue weighted by atomic mass is 10.0. The molecule has 2 N–H and O–H groups in total. The van der Waals surface area contributed by atoms with Crippen molar-refractivity contribution in [1.29, 1.82) is 0 Å². The van der Waals surface area contributed by atoms with E-state index in [-0.39, 0.29) is 12.3 Å². The van der Waals surface area contributed by atoms with E-state index in [0.717, 1.165) is 12.8 Å². The van der Waals surface area contributed by atoms with Crippen molar-refractivity contribution < 1.29 is 14.4 Å². The quantitative estimate of drug-likeness (QED) is 0.673. The highest BCUT2D eigenvalue weighted by atomic mass is 16.2.